The molecule has 4 aromatic rings. The number of hydrogen-bond acceptors (Lipinski definition) is 7. The third kappa shape index (κ3) is 3.57. The number of aryl methyl sites for hydroxylation is 3. The summed E-state index contributed by atoms with van der Waals surface area (Å²) in [5.41, 5.74) is 3.51. The van der Waals surface area contributed by atoms with Crippen LogP contribution in [0.5, 0.6) is 0 Å². The van der Waals surface area contributed by atoms with Gasteiger partial charge in [-0.25, -0.2) is 4.98 Å². The molecule has 0 spiro atoms. The van der Waals surface area contributed by atoms with Crippen LogP contribution in [-0.4, -0.2) is 21.2 Å². The van der Waals surface area contributed by atoms with Crippen molar-refractivity contribution in [2.75, 3.05) is 11.1 Å². The van der Waals surface area contributed by atoms with E-state index in [2.05, 4.69) is 11.4 Å². The summed E-state index contributed by atoms with van der Waals surface area (Å²) in [7, 11) is 0. The van der Waals surface area contributed by atoms with Crippen molar-refractivity contribution >= 4 is 55.6 Å². The molecule has 170 valence electrons. The second-order valence-corrected chi connectivity index (χ2v) is 11.5. The van der Waals surface area contributed by atoms with Gasteiger partial charge >= 0.3 is 0 Å². The number of thiophene rings is 2. The Morgan fingerprint density at radius 2 is 1.82 bits per heavy atom. The summed E-state index contributed by atoms with van der Waals surface area (Å²) < 4.78 is 1.63. The lowest BCUT2D eigenvalue weighted by molar-refractivity contribution is -0.113. The number of nitriles is 1. The second kappa shape index (κ2) is 8.69. The topological polar surface area (TPSA) is 87.8 Å². The molecule has 0 saturated carbocycles. The summed E-state index contributed by atoms with van der Waals surface area (Å²) in [6.07, 6.45) is 5.93. The average molecular weight is 505 g/mol. The highest BCUT2D eigenvalue weighted by Gasteiger charge is 2.25. The van der Waals surface area contributed by atoms with E-state index in [1.165, 1.54) is 32.9 Å². The molecule has 0 fully saturated rings. The van der Waals surface area contributed by atoms with E-state index in [0.29, 0.717) is 15.7 Å². The van der Waals surface area contributed by atoms with Crippen molar-refractivity contribution in [3.8, 4) is 11.8 Å². The fourth-order valence-electron chi connectivity index (χ4n) is 4.83. The highest BCUT2D eigenvalue weighted by Crippen LogP contribution is 2.39. The molecular weight excluding hydrogens is 485 g/mol. The van der Waals surface area contributed by atoms with E-state index in [1.807, 2.05) is 30.3 Å². The predicted octanol–water partition coefficient (Wildman–Crippen LogP) is 5.09. The highest BCUT2D eigenvalue weighted by atomic mass is 32.2. The number of nitrogens with one attached hydrogen (secondary N) is 1. The van der Waals surface area contributed by atoms with E-state index < -0.39 is 0 Å². The third-order valence-corrected chi connectivity index (χ3v) is 9.67. The summed E-state index contributed by atoms with van der Waals surface area (Å²) in [6.45, 7) is 0. The number of rotatable bonds is 5. The van der Waals surface area contributed by atoms with Gasteiger partial charge in [0.25, 0.3) is 5.56 Å². The molecule has 6 rings (SSSR count). The van der Waals surface area contributed by atoms with Crippen LogP contribution in [0, 0.1) is 11.3 Å². The first-order chi connectivity index (χ1) is 16.6. The number of carbonyl (C=O) groups excluding carboxylic acids is 1. The highest BCUT2D eigenvalue weighted by molar-refractivity contribution is 7.99. The first-order valence-corrected chi connectivity index (χ1v) is 13.9. The van der Waals surface area contributed by atoms with Gasteiger partial charge in [0.1, 0.15) is 15.9 Å². The molecule has 3 heterocycles. The van der Waals surface area contributed by atoms with Gasteiger partial charge in [0, 0.05) is 9.75 Å². The van der Waals surface area contributed by atoms with Crippen LogP contribution in [-0.2, 0) is 30.5 Å². The van der Waals surface area contributed by atoms with Gasteiger partial charge in [0.2, 0.25) is 5.91 Å². The van der Waals surface area contributed by atoms with Crippen LogP contribution < -0.4 is 10.9 Å². The van der Waals surface area contributed by atoms with Crippen LogP contribution in [0.15, 0.2) is 40.3 Å². The zero-order valence-corrected chi connectivity index (χ0v) is 20.7. The summed E-state index contributed by atoms with van der Waals surface area (Å²) in [5.74, 6) is -0.104. The largest absolute Gasteiger partial charge is 0.316 e. The number of para-hydroxylation sites is 1. The zero-order valence-electron chi connectivity index (χ0n) is 18.2. The molecule has 3 aromatic heterocycles. The van der Waals surface area contributed by atoms with Crippen LogP contribution in [0.25, 0.3) is 15.9 Å². The number of amides is 1. The maximum atomic E-state index is 13.7. The third-order valence-electron chi connectivity index (χ3n) is 6.34. The van der Waals surface area contributed by atoms with Crippen LogP contribution >= 0.6 is 34.4 Å². The van der Waals surface area contributed by atoms with Crippen molar-refractivity contribution in [2.24, 2.45) is 0 Å². The van der Waals surface area contributed by atoms with Crippen molar-refractivity contribution in [3.63, 3.8) is 0 Å². The second-order valence-electron chi connectivity index (χ2n) is 8.42. The molecule has 34 heavy (non-hydrogen) atoms. The van der Waals surface area contributed by atoms with E-state index in [4.69, 9.17) is 4.98 Å². The van der Waals surface area contributed by atoms with Crippen LogP contribution in [0.1, 0.15) is 39.3 Å². The van der Waals surface area contributed by atoms with Crippen molar-refractivity contribution in [1.82, 2.24) is 9.55 Å². The molecule has 6 nitrogen and oxygen atoms in total. The molecule has 0 radical (unpaired) electrons. The first kappa shape index (κ1) is 21.6. The molecule has 1 N–H and O–H groups in total. The van der Waals surface area contributed by atoms with E-state index in [-0.39, 0.29) is 17.2 Å². The Balaban J connectivity index is 1.32. The molecule has 0 saturated heterocycles. The Morgan fingerprint density at radius 3 is 2.59 bits per heavy atom. The molecule has 0 atom stereocenters. The van der Waals surface area contributed by atoms with Crippen molar-refractivity contribution in [3.05, 3.63) is 67.1 Å². The molecule has 9 heteroatoms. The fourth-order valence-corrected chi connectivity index (χ4v) is 8.20. The normalized spacial score (nSPS) is 14.2. The van der Waals surface area contributed by atoms with Gasteiger partial charge in [-0.15, -0.1) is 22.7 Å². The minimum atomic E-state index is -0.205. The van der Waals surface area contributed by atoms with Gasteiger partial charge in [0.15, 0.2) is 5.16 Å². The number of hydrogen-bond donors (Lipinski definition) is 1. The summed E-state index contributed by atoms with van der Waals surface area (Å²) in [4.78, 5) is 34.6. The van der Waals surface area contributed by atoms with E-state index in [0.717, 1.165) is 65.6 Å². The number of anilines is 1. The zero-order chi connectivity index (χ0) is 23.2. The minimum Gasteiger partial charge on any atom is -0.316 e. The molecule has 0 bridgehead atoms. The predicted molar refractivity (Wildman–Crippen MR) is 138 cm³/mol. The van der Waals surface area contributed by atoms with Crippen LogP contribution in [0.3, 0.4) is 0 Å². The van der Waals surface area contributed by atoms with Gasteiger partial charge in [-0.05, 0) is 61.8 Å². The minimum absolute atomic E-state index is 0.0695. The van der Waals surface area contributed by atoms with Crippen LogP contribution in [0.4, 0.5) is 5.00 Å². The SMILES string of the molecule is N#Cc1c(NC(=O)CSc2nc3sc4c(c3c(=O)n2-c2ccccc2)CCC4)sc2c1CCC2. The van der Waals surface area contributed by atoms with E-state index in [9.17, 15) is 14.9 Å². The lowest BCUT2D eigenvalue weighted by atomic mass is 10.1. The molecule has 2 aliphatic rings. The first-order valence-electron chi connectivity index (χ1n) is 11.2. The number of fused-ring (bicyclic) bond motifs is 4. The number of nitrogens with zero attached hydrogens (tertiary/aromatic N) is 3. The Morgan fingerprint density at radius 1 is 1.09 bits per heavy atom. The fraction of sp³-hybridized carbons (Fsp3) is 0.280. The Hall–Kier alpha value is -2.93. The van der Waals surface area contributed by atoms with E-state index in [1.54, 1.807) is 15.9 Å². The van der Waals surface area contributed by atoms with Crippen molar-refractivity contribution < 1.29 is 4.79 Å². The van der Waals surface area contributed by atoms with Gasteiger partial charge in [-0.2, -0.15) is 5.26 Å². The van der Waals surface area contributed by atoms with Gasteiger partial charge in [0.05, 0.1) is 22.4 Å². The number of carbonyl (C=O) groups is 1. The summed E-state index contributed by atoms with van der Waals surface area (Å²) in [6, 6.07) is 11.7. The molecular formula is C25H20N4O2S3. The number of thioether (sulfide) groups is 1. The lowest BCUT2D eigenvalue weighted by Crippen LogP contribution is -2.23. The van der Waals surface area contributed by atoms with Gasteiger partial charge in [-0.3, -0.25) is 14.2 Å². The maximum absolute atomic E-state index is 13.7. The Kier molecular flexibility index (Phi) is 5.52. The van der Waals surface area contributed by atoms with Crippen molar-refractivity contribution in [1.29, 1.82) is 5.26 Å². The standard InChI is InChI=1S/C25H20N4O2S3/c26-12-17-15-8-4-10-18(15)33-22(17)27-20(30)13-32-25-28-23-21(16-9-5-11-19(16)34-23)24(31)29(25)14-6-2-1-3-7-14/h1-3,6-7H,4-5,8-11,13H2,(H,27,30). The monoisotopic (exact) mass is 504 g/mol. The summed E-state index contributed by atoms with van der Waals surface area (Å²) >= 11 is 4.36. The quantitative estimate of drug-likeness (QED) is 0.302. The maximum Gasteiger partial charge on any atom is 0.267 e. The number of aromatic nitrogens is 2. The van der Waals surface area contributed by atoms with Crippen molar-refractivity contribution in [2.45, 2.75) is 43.7 Å². The summed E-state index contributed by atoms with van der Waals surface area (Å²) in [5, 5.41) is 14.4. The van der Waals surface area contributed by atoms with Crippen LogP contribution in [0.2, 0.25) is 0 Å². The smallest absolute Gasteiger partial charge is 0.267 e. The molecule has 1 aromatic carbocycles. The average Bonchev–Trinajstić information content (AvgIpc) is 3.59. The number of benzene rings is 1. The van der Waals surface area contributed by atoms with Gasteiger partial charge in [-0.1, -0.05) is 30.0 Å². The molecule has 0 unspecified atom stereocenters. The Bertz CT molecular complexity index is 1540. The molecule has 1 amide bonds. The molecule has 2 aliphatic carbocycles. The molecule has 0 aliphatic heterocycles. The lowest BCUT2D eigenvalue weighted by Gasteiger charge is -2.12. The van der Waals surface area contributed by atoms with E-state index >= 15 is 0 Å². The Labute approximate surface area is 208 Å². The van der Waals surface area contributed by atoms with Gasteiger partial charge < -0.3 is 5.32 Å².